The zero-order chi connectivity index (χ0) is 22.5. The molecule has 0 aliphatic carbocycles. The maximum absolute atomic E-state index is 4.89. The average Bonchev–Trinajstić information content (AvgIpc) is 3.33. The van der Waals surface area contributed by atoms with E-state index in [4.69, 9.17) is 9.98 Å². The van der Waals surface area contributed by atoms with Crippen LogP contribution in [-0.2, 0) is 6.54 Å². The van der Waals surface area contributed by atoms with Crippen LogP contribution in [0.4, 0.5) is 5.13 Å². The summed E-state index contributed by atoms with van der Waals surface area (Å²) in [6.07, 6.45) is 1.72. The molecule has 0 radical (unpaired) electrons. The molecule has 8 nitrogen and oxygen atoms in total. The van der Waals surface area contributed by atoms with Gasteiger partial charge in [-0.15, -0.1) is 0 Å². The molecule has 2 aliphatic heterocycles. The molecule has 3 aromatic rings. The molecular weight excluding hydrogens is 432 g/mol. The van der Waals surface area contributed by atoms with Gasteiger partial charge in [-0.25, -0.2) is 15.0 Å². The van der Waals surface area contributed by atoms with E-state index < -0.39 is 0 Å². The highest BCUT2D eigenvalue weighted by Gasteiger charge is 2.27. The molecule has 170 valence electrons. The Kier molecular flexibility index (Phi) is 6.61. The minimum absolute atomic E-state index is 0.175. The number of aromatic nitrogens is 1. The van der Waals surface area contributed by atoms with Gasteiger partial charge in [-0.1, -0.05) is 72.0 Å². The molecule has 0 saturated carbocycles. The molecule has 5 rings (SSSR count). The van der Waals surface area contributed by atoms with Crippen LogP contribution in [0, 0.1) is 0 Å². The molecule has 33 heavy (non-hydrogen) atoms. The highest BCUT2D eigenvalue weighted by molar-refractivity contribution is 7.19. The monoisotopic (exact) mass is 460 g/mol. The van der Waals surface area contributed by atoms with Crippen molar-refractivity contribution in [3.8, 4) is 10.4 Å². The lowest BCUT2D eigenvalue weighted by atomic mass is 10.2. The van der Waals surface area contributed by atoms with Gasteiger partial charge in [-0.05, 0) is 18.2 Å². The number of piperazine rings is 1. The Morgan fingerprint density at radius 3 is 2.52 bits per heavy atom. The van der Waals surface area contributed by atoms with E-state index in [2.05, 4.69) is 62.0 Å². The Morgan fingerprint density at radius 1 is 1.03 bits per heavy atom. The Hall–Kier alpha value is -3.27. The zero-order valence-corrected chi connectivity index (χ0v) is 19.4. The summed E-state index contributed by atoms with van der Waals surface area (Å²) in [7, 11) is 2.16. The molecule has 0 amide bonds. The number of hydrogen-bond acceptors (Lipinski definition) is 7. The van der Waals surface area contributed by atoms with Crippen LogP contribution in [0.5, 0.6) is 0 Å². The van der Waals surface area contributed by atoms with E-state index in [-0.39, 0.29) is 6.29 Å². The number of rotatable bonds is 5. The number of likely N-dealkylation sites (N-methyl/N-ethyl adjacent to an activating group) is 1. The summed E-state index contributed by atoms with van der Waals surface area (Å²) in [5, 5.41) is 10.9. The second-order valence-electron chi connectivity index (χ2n) is 8.13. The van der Waals surface area contributed by atoms with Gasteiger partial charge < -0.3 is 15.5 Å². The van der Waals surface area contributed by atoms with Crippen LogP contribution in [0.25, 0.3) is 10.4 Å². The Labute approximate surface area is 198 Å². The van der Waals surface area contributed by atoms with Gasteiger partial charge in [0, 0.05) is 32.4 Å². The highest BCUT2D eigenvalue weighted by atomic mass is 32.1. The molecule has 1 saturated heterocycles. The number of thiazole rings is 1. The molecule has 9 heteroatoms. The van der Waals surface area contributed by atoms with Gasteiger partial charge in [0.25, 0.3) is 0 Å². The van der Waals surface area contributed by atoms with Crippen LogP contribution in [0.1, 0.15) is 5.56 Å². The lowest BCUT2D eigenvalue weighted by Gasteiger charge is -2.38. The lowest BCUT2D eigenvalue weighted by Crippen LogP contribution is -2.61. The van der Waals surface area contributed by atoms with Gasteiger partial charge in [0.2, 0.25) is 11.9 Å². The van der Waals surface area contributed by atoms with Crippen molar-refractivity contribution in [3.05, 3.63) is 72.4 Å². The Balaban J connectivity index is 1.34. The molecule has 3 N–H and O–H groups in total. The Morgan fingerprint density at radius 2 is 1.76 bits per heavy atom. The first-order valence-electron chi connectivity index (χ1n) is 11.1. The highest BCUT2D eigenvalue weighted by Crippen LogP contribution is 2.28. The predicted molar refractivity (Wildman–Crippen MR) is 135 cm³/mol. The third-order valence-corrected chi connectivity index (χ3v) is 6.65. The molecule has 2 aromatic carbocycles. The maximum Gasteiger partial charge on any atom is 0.207 e. The van der Waals surface area contributed by atoms with E-state index in [0.29, 0.717) is 18.5 Å². The fourth-order valence-corrected chi connectivity index (χ4v) is 4.59. The molecule has 1 atom stereocenters. The fraction of sp³-hybridized carbons (Fsp3) is 0.292. The molecule has 3 heterocycles. The topological polar surface area (TPSA) is 80.2 Å². The van der Waals surface area contributed by atoms with E-state index in [1.54, 1.807) is 11.3 Å². The van der Waals surface area contributed by atoms with Crippen molar-refractivity contribution in [2.75, 3.05) is 38.5 Å². The average molecular weight is 461 g/mol. The van der Waals surface area contributed by atoms with Crippen molar-refractivity contribution in [3.63, 3.8) is 0 Å². The van der Waals surface area contributed by atoms with Gasteiger partial charge in [0.1, 0.15) is 0 Å². The van der Waals surface area contributed by atoms with Gasteiger partial charge in [-0.3, -0.25) is 10.2 Å². The summed E-state index contributed by atoms with van der Waals surface area (Å²) >= 11 is 1.60. The van der Waals surface area contributed by atoms with E-state index >= 15 is 0 Å². The van der Waals surface area contributed by atoms with Crippen LogP contribution in [-0.4, -0.2) is 66.2 Å². The first kappa shape index (κ1) is 21.6. The number of hydrogen-bond donors (Lipinski definition) is 3. The van der Waals surface area contributed by atoms with Crippen molar-refractivity contribution in [1.29, 1.82) is 0 Å². The molecule has 1 fully saturated rings. The summed E-state index contributed by atoms with van der Waals surface area (Å²) in [5.41, 5.74) is 2.32. The number of guanidine groups is 2. The van der Waals surface area contributed by atoms with Crippen molar-refractivity contribution in [1.82, 2.24) is 25.4 Å². The van der Waals surface area contributed by atoms with Crippen LogP contribution in [0.3, 0.4) is 0 Å². The summed E-state index contributed by atoms with van der Waals surface area (Å²) in [4.78, 5) is 20.0. The summed E-state index contributed by atoms with van der Waals surface area (Å²) in [6.45, 7) is 4.54. The van der Waals surface area contributed by atoms with Crippen LogP contribution in [0.15, 0.2) is 76.8 Å². The van der Waals surface area contributed by atoms with E-state index in [1.807, 2.05) is 42.6 Å². The van der Waals surface area contributed by atoms with Crippen LogP contribution < -0.4 is 16.0 Å². The smallest absolute Gasteiger partial charge is 0.207 e. The minimum atomic E-state index is -0.175. The number of anilines is 1. The number of nitrogens with zero attached hydrogens (tertiary/aromatic N) is 5. The van der Waals surface area contributed by atoms with Crippen molar-refractivity contribution < 1.29 is 0 Å². The first-order valence-corrected chi connectivity index (χ1v) is 12.0. The SMILES string of the molecule is CN1CCN(C2N=C(Nc3ncc(-c4ccccc4)s3)NC(=NCc3ccccc3)N2)CC1. The minimum Gasteiger partial charge on any atom is -0.322 e. The zero-order valence-electron chi connectivity index (χ0n) is 18.6. The van der Waals surface area contributed by atoms with Crippen LogP contribution in [0.2, 0.25) is 0 Å². The molecular formula is C24H28N8S. The molecule has 1 aromatic heterocycles. The van der Waals surface area contributed by atoms with Crippen molar-refractivity contribution in [2.24, 2.45) is 9.98 Å². The van der Waals surface area contributed by atoms with Crippen molar-refractivity contribution >= 4 is 28.4 Å². The number of aliphatic imine (C=N–C) groups is 2. The quantitative estimate of drug-likeness (QED) is 0.543. The molecule has 0 bridgehead atoms. The standard InChI is InChI=1S/C24H28N8S/c1-31-12-14-32(15-13-31)23-28-21(25-16-18-8-4-2-5-9-18)27-22(29-23)30-24-26-17-20(33-24)19-10-6-3-7-11-19/h2-11,17,23H,12-16H2,1H3,(H3,25,26,27,28,29,30). The predicted octanol–water partition coefficient (Wildman–Crippen LogP) is 2.86. The van der Waals surface area contributed by atoms with E-state index in [1.165, 1.54) is 0 Å². The van der Waals surface area contributed by atoms with E-state index in [9.17, 15) is 0 Å². The van der Waals surface area contributed by atoms with Gasteiger partial charge in [0.15, 0.2) is 11.4 Å². The summed E-state index contributed by atoms with van der Waals surface area (Å²) < 4.78 is 0. The largest absolute Gasteiger partial charge is 0.322 e. The number of benzene rings is 2. The maximum atomic E-state index is 4.89. The first-order chi connectivity index (χ1) is 16.2. The van der Waals surface area contributed by atoms with E-state index in [0.717, 1.165) is 47.3 Å². The van der Waals surface area contributed by atoms with Crippen molar-refractivity contribution in [2.45, 2.75) is 12.8 Å². The van der Waals surface area contributed by atoms with Crippen LogP contribution >= 0.6 is 11.3 Å². The molecule has 0 spiro atoms. The molecule has 2 aliphatic rings. The Bertz CT molecular complexity index is 1100. The second kappa shape index (κ2) is 10.1. The lowest BCUT2D eigenvalue weighted by molar-refractivity contribution is 0.106. The normalized spacial score (nSPS) is 20.7. The fourth-order valence-electron chi connectivity index (χ4n) is 3.77. The molecule has 1 unspecified atom stereocenters. The van der Waals surface area contributed by atoms with Gasteiger partial charge >= 0.3 is 0 Å². The second-order valence-corrected chi connectivity index (χ2v) is 9.16. The van der Waals surface area contributed by atoms with Gasteiger partial charge in [0.05, 0.1) is 11.4 Å². The third kappa shape index (κ3) is 5.57. The number of nitrogens with one attached hydrogen (secondary N) is 3. The third-order valence-electron chi connectivity index (χ3n) is 5.69. The summed E-state index contributed by atoms with van der Waals surface area (Å²) in [6, 6.07) is 20.5. The summed E-state index contributed by atoms with van der Waals surface area (Å²) in [5.74, 6) is 1.36. The van der Waals surface area contributed by atoms with Gasteiger partial charge in [-0.2, -0.15) is 0 Å².